The van der Waals surface area contributed by atoms with Crippen LogP contribution in [0.15, 0.2) is 42.5 Å². The Morgan fingerprint density at radius 1 is 0.951 bits per heavy atom. The first-order valence-corrected chi connectivity index (χ1v) is 15.8. The van der Waals surface area contributed by atoms with Gasteiger partial charge in [0.25, 0.3) is 0 Å². The van der Waals surface area contributed by atoms with E-state index in [9.17, 15) is 13.6 Å². The maximum atomic E-state index is 14.5. The van der Waals surface area contributed by atoms with Crippen LogP contribution >= 0.6 is 0 Å². The van der Waals surface area contributed by atoms with Crippen LogP contribution in [0.4, 0.5) is 8.78 Å². The van der Waals surface area contributed by atoms with Crippen LogP contribution in [0.1, 0.15) is 76.3 Å². The van der Waals surface area contributed by atoms with Gasteiger partial charge in [0.2, 0.25) is 5.91 Å². The maximum absolute atomic E-state index is 14.5. The Bertz CT molecular complexity index is 1160. The Kier molecular flexibility index (Phi) is 9.97. The number of hydrogen-bond acceptors (Lipinski definition) is 4. The zero-order valence-corrected chi connectivity index (χ0v) is 24.9. The van der Waals surface area contributed by atoms with E-state index < -0.39 is 17.0 Å². The highest BCUT2D eigenvalue weighted by atomic mass is 19.2. The van der Waals surface area contributed by atoms with Crippen molar-refractivity contribution in [3.05, 3.63) is 65.2 Å². The monoisotopic (exact) mass is 567 g/mol. The van der Waals surface area contributed by atoms with Crippen LogP contribution in [0.25, 0.3) is 0 Å². The summed E-state index contributed by atoms with van der Waals surface area (Å²) in [6, 6.07) is 12.8. The molecule has 0 aromatic heterocycles. The van der Waals surface area contributed by atoms with Crippen molar-refractivity contribution in [2.45, 2.75) is 89.2 Å². The molecule has 1 saturated carbocycles. The van der Waals surface area contributed by atoms with Crippen LogP contribution in [-0.2, 0) is 16.6 Å². The molecular formula is C34H47F2N3O2. The maximum Gasteiger partial charge on any atom is 0.227 e. The highest BCUT2D eigenvalue weighted by Gasteiger charge is 2.39. The van der Waals surface area contributed by atoms with Crippen LogP contribution in [0.5, 0.6) is 5.75 Å². The Morgan fingerprint density at radius 2 is 1.73 bits per heavy atom. The average Bonchev–Trinajstić information content (AvgIpc) is 2.98. The van der Waals surface area contributed by atoms with E-state index in [2.05, 4.69) is 9.80 Å². The Hall–Kier alpha value is -2.51. The van der Waals surface area contributed by atoms with Gasteiger partial charge in [-0.05, 0) is 87.9 Å². The van der Waals surface area contributed by atoms with Crippen molar-refractivity contribution in [3.63, 3.8) is 0 Å². The molecule has 3 aliphatic rings. The minimum atomic E-state index is -0.824. The SMILES string of the molecule is CC(C)Oc1cccc(CC(=O)N2CCC[C@](CCN3CCN(C4CCCCC4)CC3)(c3ccc(F)c(F)c3)C2)c1. The van der Waals surface area contributed by atoms with E-state index in [1.807, 2.05) is 43.0 Å². The third-order valence-corrected chi connectivity index (χ3v) is 9.49. The van der Waals surface area contributed by atoms with E-state index in [0.29, 0.717) is 19.5 Å². The minimum Gasteiger partial charge on any atom is -0.491 e. The molecule has 1 atom stereocenters. The van der Waals surface area contributed by atoms with Gasteiger partial charge >= 0.3 is 0 Å². The van der Waals surface area contributed by atoms with Crippen molar-refractivity contribution < 1.29 is 18.3 Å². The van der Waals surface area contributed by atoms with E-state index >= 15 is 0 Å². The molecule has 5 rings (SSSR count). The first-order valence-electron chi connectivity index (χ1n) is 15.8. The van der Waals surface area contributed by atoms with E-state index in [1.165, 1.54) is 44.2 Å². The highest BCUT2D eigenvalue weighted by Crippen LogP contribution is 2.39. The van der Waals surface area contributed by atoms with Gasteiger partial charge in [0.15, 0.2) is 11.6 Å². The summed E-state index contributed by atoms with van der Waals surface area (Å²) in [6.45, 7) is 10.4. The molecule has 1 aliphatic carbocycles. The first kappa shape index (κ1) is 30.0. The predicted octanol–water partition coefficient (Wildman–Crippen LogP) is 6.20. The topological polar surface area (TPSA) is 36.0 Å². The lowest BCUT2D eigenvalue weighted by molar-refractivity contribution is -0.132. The summed E-state index contributed by atoms with van der Waals surface area (Å²) in [5.74, 6) is -0.800. The summed E-state index contributed by atoms with van der Waals surface area (Å²) >= 11 is 0. The lowest BCUT2D eigenvalue weighted by atomic mass is 9.71. The largest absolute Gasteiger partial charge is 0.491 e. The number of rotatable bonds is 9. The molecule has 1 amide bonds. The van der Waals surface area contributed by atoms with Gasteiger partial charge in [-0.15, -0.1) is 0 Å². The molecule has 2 saturated heterocycles. The van der Waals surface area contributed by atoms with Gasteiger partial charge < -0.3 is 14.5 Å². The highest BCUT2D eigenvalue weighted by molar-refractivity contribution is 5.79. The lowest BCUT2D eigenvalue weighted by Crippen LogP contribution is -2.53. The molecule has 0 bridgehead atoms. The summed E-state index contributed by atoms with van der Waals surface area (Å²) in [7, 11) is 0. The number of piperidine rings is 1. The zero-order chi connectivity index (χ0) is 28.8. The molecule has 2 heterocycles. The third-order valence-electron chi connectivity index (χ3n) is 9.49. The molecule has 7 heteroatoms. The van der Waals surface area contributed by atoms with Crippen molar-refractivity contribution in [2.24, 2.45) is 0 Å². The molecule has 0 unspecified atom stereocenters. The van der Waals surface area contributed by atoms with Crippen molar-refractivity contribution in [2.75, 3.05) is 45.8 Å². The number of nitrogens with zero attached hydrogens (tertiary/aromatic N) is 3. The molecule has 0 radical (unpaired) electrons. The number of hydrogen-bond donors (Lipinski definition) is 0. The van der Waals surface area contributed by atoms with Gasteiger partial charge in [0, 0.05) is 50.7 Å². The average molecular weight is 568 g/mol. The van der Waals surface area contributed by atoms with Gasteiger partial charge in [0.1, 0.15) is 5.75 Å². The number of carbonyl (C=O) groups is 1. The minimum absolute atomic E-state index is 0.0648. The smallest absolute Gasteiger partial charge is 0.227 e. The number of carbonyl (C=O) groups excluding carboxylic acids is 1. The van der Waals surface area contributed by atoms with Gasteiger partial charge in [-0.2, -0.15) is 0 Å². The molecule has 41 heavy (non-hydrogen) atoms. The summed E-state index contributed by atoms with van der Waals surface area (Å²) < 4.78 is 34.3. The van der Waals surface area contributed by atoms with E-state index in [1.54, 1.807) is 6.07 Å². The molecule has 0 spiro atoms. The van der Waals surface area contributed by atoms with Crippen LogP contribution in [0, 0.1) is 11.6 Å². The van der Waals surface area contributed by atoms with Crippen molar-refractivity contribution in [3.8, 4) is 5.75 Å². The Balaban J connectivity index is 1.27. The second-order valence-electron chi connectivity index (χ2n) is 12.7. The second-order valence-corrected chi connectivity index (χ2v) is 12.7. The number of halogens is 2. The van der Waals surface area contributed by atoms with Crippen molar-refractivity contribution >= 4 is 5.91 Å². The normalized spacial score (nSPS) is 23.2. The van der Waals surface area contributed by atoms with E-state index in [4.69, 9.17) is 4.74 Å². The number of likely N-dealkylation sites (tertiary alicyclic amines) is 1. The number of piperazine rings is 1. The van der Waals surface area contributed by atoms with Gasteiger partial charge in [-0.3, -0.25) is 9.69 Å². The number of amides is 1. The molecule has 2 aliphatic heterocycles. The molecule has 224 valence electrons. The van der Waals surface area contributed by atoms with Gasteiger partial charge in [0.05, 0.1) is 12.5 Å². The number of benzene rings is 2. The summed E-state index contributed by atoms with van der Waals surface area (Å²) in [5.41, 5.74) is 1.33. The van der Waals surface area contributed by atoms with Crippen LogP contribution in [0.3, 0.4) is 0 Å². The van der Waals surface area contributed by atoms with Crippen LogP contribution in [-0.4, -0.2) is 78.6 Å². The summed E-state index contributed by atoms with van der Waals surface area (Å²) in [4.78, 5) is 20.7. The second kappa shape index (κ2) is 13.6. The predicted molar refractivity (Wildman–Crippen MR) is 159 cm³/mol. The standard InChI is InChI=1S/C34H47F2N3O2/c1-26(2)41-30-11-6-8-27(22-30)23-33(40)39-16-7-14-34(25-39,28-12-13-31(35)32(36)24-28)15-17-37-18-20-38(21-19-37)29-9-4-3-5-10-29/h6,8,11-13,22,24,26,29H,3-5,7,9-10,14-21,23,25H2,1-2H3/t34-/m1/s1. The molecular weight excluding hydrogens is 520 g/mol. The van der Waals surface area contributed by atoms with Crippen molar-refractivity contribution in [1.82, 2.24) is 14.7 Å². The Labute approximate surface area is 244 Å². The third kappa shape index (κ3) is 7.66. The summed E-state index contributed by atoms with van der Waals surface area (Å²) in [6.07, 6.45) is 9.64. The zero-order valence-electron chi connectivity index (χ0n) is 24.9. The fourth-order valence-corrected chi connectivity index (χ4v) is 7.21. The fourth-order valence-electron chi connectivity index (χ4n) is 7.21. The molecule has 5 nitrogen and oxygen atoms in total. The van der Waals surface area contributed by atoms with Gasteiger partial charge in [-0.25, -0.2) is 8.78 Å². The molecule has 2 aromatic rings. The lowest BCUT2D eigenvalue weighted by Gasteiger charge is -2.46. The van der Waals surface area contributed by atoms with Gasteiger partial charge in [-0.1, -0.05) is 37.5 Å². The molecule has 0 N–H and O–H groups in total. The first-order chi connectivity index (χ1) is 19.8. The van der Waals surface area contributed by atoms with E-state index in [-0.39, 0.29) is 12.0 Å². The van der Waals surface area contributed by atoms with Crippen LogP contribution in [0.2, 0.25) is 0 Å². The summed E-state index contributed by atoms with van der Waals surface area (Å²) in [5, 5.41) is 0. The van der Waals surface area contributed by atoms with E-state index in [0.717, 1.165) is 74.9 Å². The molecule has 2 aromatic carbocycles. The van der Waals surface area contributed by atoms with Crippen LogP contribution < -0.4 is 4.74 Å². The molecule has 3 fully saturated rings. The Morgan fingerprint density at radius 3 is 2.46 bits per heavy atom. The number of ether oxygens (including phenoxy) is 1. The van der Waals surface area contributed by atoms with Crippen molar-refractivity contribution in [1.29, 1.82) is 0 Å². The fraction of sp³-hybridized carbons (Fsp3) is 0.618. The quantitative estimate of drug-likeness (QED) is 0.362.